The van der Waals surface area contributed by atoms with E-state index in [4.69, 9.17) is 16.9 Å². The standard InChI is InChI=1S/C25H24FN7O/c1-15(18-6-8-20(26)9-7-18)33-25(34)21-10-17(11-27)14-32-24(21)31-13-16-2-4-19(5-3-16)22(12-28)23(29)30/h2-10,12,14-15H,13,28H2,1H3,(H3,29,30)(H,31,32)(H,33,34)/b22-12-. The minimum atomic E-state index is -0.418. The zero-order valence-electron chi connectivity index (χ0n) is 18.5. The maximum absolute atomic E-state index is 13.2. The van der Waals surface area contributed by atoms with Crippen molar-refractivity contribution in [2.24, 2.45) is 11.5 Å². The normalized spacial score (nSPS) is 11.9. The number of rotatable bonds is 8. The Bertz CT molecular complexity index is 1260. The SMILES string of the molecule is CC(NC(=O)c1cc(C#N)cnc1NCc1ccc(/C(=C/N)C(=N)N)cc1)c1ccc(F)cc1. The number of pyridine rings is 1. The smallest absolute Gasteiger partial charge is 0.255 e. The van der Waals surface area contributed by atoms with E-state index in [1.807, 2.05) is 18.2 Å². The number of amides is 1. The molecule has 172 valence electrons. The zero-order valence-corrected chi connectivity index (χ0v) is 18.5. The number of hydrogen-bond acceptors (Lipinski definition) is 6. The van der Waals surface area contributed by atoms with Crippen LogP contribution < -0.4 is 22.1 Å². The van der Waals surface area contributed by atoms with Crippen LogP contribution in [-0.4, -0.2) is 16.7 Å². The first kappa shape index (κ1) is 23.9. The summed E-state index contributed by atoms with van der Waals surface area (Å²) in [5, 5.41) is 22.8. The molecule has 9 heteroatoms. The first-order valence-corrected chi connectivity index (χ1v) is 10.4. The van der Waals surface area contributed by atoms with Crippen molar-refractivity contribution in [1.82, 2.24) is 10.3 Å². The van der Waals surface area contributed by atoms with Crippen LogP contribution in [0.2, 0.25) is 0 Å². The van der Waals surface area contributed by atoms with Crippen LogP contribution in [0, 0.1) is 22.6 Å². The average Bonchev–Trinajstić information content (AvgIpc) is 2.84. The lowest BCUT2D eigenvalue weighted by molar-refractivity contribution is 0.0940. The van der Waals surface area contributed by atoms with Crippen LogP contribution in [0.15, 0.2) is 67.0 Å². The molecule has 8 nitrogen and oxygen atoms in total. The number of halogens is 1. The second-order valence-corrected chi connectivity index (χ2v) is 7.52. The third-order valence-electron chi connectivity index (χ3n) is 5.16. The molecule has 1 unspecified atom stereocenters. The number of nitrogens with zero attached hydrogens (tertiary/aromatic N) is 2. The number of amidine groups is 1. The van der Waals surface area contributed by atoms with E-state index < -0.39 is 5.91 Å². The number of anilines is 1. The molecule has 0 bridgehead atoms. The number of nitrogens with one attached hydrogen (secondary N) is 3. The summed E-state index contributed by atoms with van der Waals surface area (Å²) in [6.45, 7) is 2.14. The first-order chi connectivity index (χ1) is 16.3. The number of carbonyl (C=O) groups excluding carboxylic acids is 1. The van der Waals surface area contributed by atoms with Crippen LogP contribution in [0.3, 0.4) is 0 Å². The van der Waals surface area contributed by atoms with Gasteiger partial charge in [0.05, 0.1) is 17.2 Å². The molecule has 0 aliphatic carbocycles. The molecule has 0 saturated carbocycles. The number of carbonyl (C=O) groups is 1. The maximum atomic E-state index is 13.2. The lowest BCUT2D eigenvalue weighted by Crippen LogP contribution is -2.28. The summed E-state index contributed by atoms with van der Waals surface area (Å²) >= 11 is 0. The van der Waals surface area contributed by atoms with Crippen LogP contribution in [0.25, 0.3) is 5.57 Å². The maximum Gasteiger partial charge on any atom is 0.255 e. The van der Waals surface area contributed by atoms with Gasteiger partial charge in [-0.05, 0) is 41.8 Å². The number of benzene rings is 2. The van der Waals surface area contributed by atoms with Crippen molar-refractivity contribution >= 4 is 23.1 Å². The Hall–Kier alpha value is -4.71. The van der Waals surface area contributed by atoms with E-state index in [2.05, 4.69) is 15.6 Å². The van der Waals surface area contributed by atoms with Crippen LogP contribution in [-0.2, 0) is 6.54 Å². The van der Waals surface area contributed by atoms with Gasteiger partial charge < -0.3 is 22.1 Å². The second-order valence-electron chi connectivity index (χ2n) is 7.52. The van der Waals surface area contributed by atoms with Gasteiger partial charge in [-0.15, -0.1) is 0 Å². The van der Waals surface area contributed by atoms with Gasteiger partial charge in [-0.1, -0.05) is 36.4 Å². The Balaban J connectivity index is 1.76. The Morgan fingerprint density at radius 1 is 1.24 bits per heavy atom. The highest BCUT2D eigenvalue weighted by atomic mass is 19.1. The third-order valence-corrected chi connectivity index (χ3v) is 5.16. The van der Waals surface area contributed by atoms with Crippen LogP contribution >= 0.6 is 0 Å². The van der Waals surface area contributed by atoms with E-state index in [0.717, 1.165) is 11.1 Å². The summed E-state index contributed by atoms with van der Waals surface area (Å²) in [6.07, 6.45) is 2.67. The highest BCUT2D eigenvalue weighted by Gasteiger charge is 2.17. The molecule has 0 spiro atoms. The number of hydrogen-bond donors (Lipinski definition) is 5. The summed E-state index contributed by atoms with van der Waals surface area (Å²) < 4.78 is 13.2. The highest BCUT2D eigenvalue weighted by Crippen LogP contribution is 2.20. The number of nitrogens with two attached hydrogens (primary N) is 2. The Morgan fingerprint density at radius 3 is 2.50 bits per heavy atom. The van der Waals surface area contributed by atoms with Crippen LogP contribution in [0.5, 0.6) is 0 Å². The quantitative estimate of drug-likeness (QED) is 0.258. The van der Waals surface area contributed by atoms with Gasteiger partial charge in [0, 0.05) is 24.5 Å². The summed E-state index contributed by atoms with van der Waals surface area (Å²) in [6, 6.07) is 16.2. The number of aromatic nitrogens is 1. The van der Waals surface area contributed by atoms with E-state index in [1.54, 1.807) is 31.2 Å². The third kappa shape index (κ3) is 5.75. The van der Waals surface area contributed by atoms with E-state index in [9.17, 15) is 14.4 Å². The molecule has 34 heavy (non-hydrogen) atoms. The topological polar surface area (TPSA) is 154 Å². The highest BCUT2D eigenvalue weighted by molar-refractivity contribution is 6.20. The van der Waals surface area contributed by atoms with Gasteiger partial charge in [-0.2, -0.15) is 5.26 Å². The summed E-state index contributed by atoms with van der Waals surface area (Å²) in [5.74, 6) is -0.582. The molecule has 1 heterocycles. The molecule has 3 aromatic rings. The van der Waals surface area contributed by atoms with Gasteiger partial charge in [0.1, 0.15) is 23.5 Å². The van der Waals surface area contributed by atoms with Gasteiger partial charge in [-0.25, -0.2) is 9.37 Å². The zero-order chi connectivity index (χ0) is 24.7. The van der Waals surface area contributed by atoms with Crippen LogP contribution in [0.4, 0.5) is 10.2 Å². The molecule has 0 saturated heterocycles. The van der Waals surface area contributed by atoms with Gasteiger partial charge in [-0.3, -0.25) is 10.2 Å². The molecular weight excluding hydrogens is 433 g/mol. The van der Waals surface area contributed by atoms with E-state index >= 15 is 0 Å². The second kappa shape index (κ2) is 10.7. The Labute approximate surface area is 196 Å². The predicted octanol–water partition coefficient (Wildman–Crippen LogP) is 3.43. The van der Waals surface area contributed by atoms with Crippen molar-refractivity contribution in [3.05, 3.63) is 101 Å². The van der Waals surface area contributed by atoms with Gasteiger partial charge in [0.15, 0.2) is 0 Å². The van der Waals surface area contributed by atoms with E-state index in [0.29, 0.717) is 23.5 Å². The fourth-order valence-electron chi connectivity index (χ4n) is 3.28. The molecule has 2 aromatic carbocycles. The van der Waals surface area contributed by atoms with Crippen molar-refractivity contribution in [2.75, 3.05) is 5.32 Å². The molecule has 0 aliphatic rings. The fraction of sp³-hybridized carbons (Fsp3) is 0.120. The van der Waals surface area contributed by atoms with E-state index in [-0.39, 0.29) is 28.8 Å². The van der Waals surface area contributed by atoms with Crippen molar-refractivity contribution in [3.63, 3.8) is 0 Å². The summed E-state index contributed by atoms with van der Waals surface area (Å²) in [7, 11) is 0. The van der Waals surface area contributed by atoms with Crippen molar-refractivity contribution < 1.29 is 9.18 Å². The molecule has 0 radical (unpaired) electrons. The molecule has 7 N–H and O–H groups in total. The summed E-state index contributed by atoms with van der Waals surface area (Å²) in [4.78, 5) is 17.2. The minimum absolute atomic E-state index is 0.124. The largest absolute Gasteiger partial charge is 0.404 e. The van der Waals surface area contributed by atoms with Gasteiger partial charge >= 0.3 is 0 Å². The molecule has 3 rings (SSSR count). The molecule has 1 amide bonds. The van der Waals surface area contributed by atoms with Crippen molar-refractivity contribution in [2.45, 2.75) is 19.5 Å². The van der Waals surface area contributed by atoms with Gasteiger partial charge in [0.25, 0.3) is 5.91 Å². The summed E-state index contributed by atoms with van der Waals surface area (Å²) in [5.41, 5.74) is 14.3. The molecule has 0 fully saturated rings. The lowest BCUT2D eigenvalue weighted by Gasteiger charge is -2.16. The van der Waals surface area contributed by atoms with Crippen LogP contribution in [0.1, 0.15) is 45.6 Å². The molecular formula is C25H24FN7O. The van der Waals surface area contributed by atoms with Crippen molar-refractivity contribution in [1.29, 1.82) is 10.7 Å². The lowest BCUT2D eigenvalue weighted by atomic mass is 10.0. The first-order valence-electron chi connectivity index (χ1n) is 10.4. The van der Waals surface area contributed by atoms with Crippen molar-refractivity contribution in [3.8, 4) is 6.07 Å². The molecule has 1 aromatic heterocycles. The monoisotopic (exact) mass is 457 g/mol. The minimum Gasteiger partial charge on any atom is -0.404 e. The number of nitriles is 1. The average molecular weight is 458 g/mol. The molecule has 1 atom stereocenters. The van der Waals surface area contributed by atoms with Gasteiger partial charge in [0.2, 0.25) is 0 Å². The Morgan fingerprint density at radius 2 is 1.91 bits per heavy atom. The molecule has 0 aliphatic heterocycles. The predicted molar refractivity (Wildman–Crippen MR) is 129 cm³/mol. The van der Waals surface area contributed by atoms with E-state index in [1.165, 1.54) is 30.6 Å². The Kier molecular flexibility index (Phi) is 7.56. The fourth-order valence-corrected chi connectivity index (χ4v) is 3.28.